The molecule has 0 heterocycles. The molecule has 2 rings (SSSR count). The van der Waals surface area contributed by atoms with Crippen LogP contribution in [0.25, 0.3) is 0 Å². The van der Waals surface area contributed by atoms with Gasteiger partial charge in [0.25, 0.3) is 0 Å². The Morgan fingerprint density at radius 1 is 1.40 bits per heavy atom. The summed E-state index contributed by atoms with van der Waals surface area (Å²) in [7, 11) is -3.51. The van der Waals surface area contributed by atoms with Gasteiger partial charge in [0, 0.05) is 11.0 Å². The molecule has 1 aliphatic carbocycles. The Morgan fingerprint density at radius 3 is 2.60 bits per heavy atom. The summed E-state index contributed by atoms with van der Waals surface area (Å²) in [6.45, 7) is 2.53. The van der Waals surface area contributed by atoms with Gasteiger partial charge in [0.05, 0.1) is 11.5 Å². The highest BCUT2D eigenvalue weighted by molar-refractivity contribution is 9.10. The van der Waals surface area contributed by atoms with E-state index in [1.54, 1.807) is 12.1 Å². The summed E-state index contributed by atoms with van der Waals surface area (Å²) in [5, 5.41) is 9.05. The lowest BCUT2D eigenvalue weighted by Crippen LogP contribution is -2.30. The molecule has 1 aromatic carbocycles. The first-order valence-electron chi connectivity index (χ1n) is 6.81. The summed E-state index contributed by atoms with van der Waals surface area (Å²) in [6, 6.07) is 4.78. The van der Waals surface area contributed by atoms with E-state index >= 15 is 0 Å². The molecule has 1 aliphatic rings. The van der Waals surface area contributed by atoms with Gasteiger partial charge in [0.15, 0.2) is 0 Å². The summed E-state index contributed by atoms with van der Waals surface area (Å²) >= 11 is 3.26. The highest BCUT2D eigenvalue weighted by Crippen LogP contribution is 2.49. The van der Waals surface area contributed by atoms with E-state index in [1.165, 1.54) is 6.07 Å². The first-order chi connectivity index (χ1) is 9.42. The molecule has 0 amide bonds. The zero-order valence-electron chi connectivity index (χ0n) is 11.5. The van der Waals surface area contributed by atoms with Crippen LogP contribution in [0.3, 0.4) is 0 Å². The van der Waals surface area contributed by atoms with E-state index in [9.17, 15) is 8.42 Å². The number of hydrogen-bond donors (Lipinski definition) is 2. The highest BCUT2D eigenvalue weighted by Gasteiger charge is 2.42. The van der Waals surface area contributed by atoms with Crippen molar-refractivity contribution in [1.82, 2.24) is 4.72 Å². The zero-order chi connectivity index (χ0) is 14.8. The molecule has 4 nitrogen and oxygen atoms in total. The van der Waals surface area contributed by atoms with E-state index in [0.717, 1.165) is 25.7 Å². The molecular formula is C14H20BrNO3S. The number of rotatable bonds is 7. The van der Waals surface area contributed by atoms with E-state index < -0.39 is 10.0 Å². The number of aliphatic hydroxyl groups is 1. The molecule has 1 aromatic rings. The van der Waals surface area contributed by atoms with Gasteiger partial charge in [-0.1, -0.05) is 19.4 Å². The van der Waals surface area contributed by atoms with Crippen LogP contribution >= 0.6 is 15.9 Å². The number of sulfonamides is 1. The van der Waals surface area contributed by atoms with Crippen molar-refractivity contribution in [2.75, 3.05) is 6.54 Å². The fourth-order valence-electron chi connectivity index (χ4n) is 2.41. The second kappa shape index (κ2) is 6.13. The van der Waals surface area contributed by atoms with Crippen molar-refractivity contribution in [1.29, 1.82) is 0 Å². The van der Waals surface area contributed by atoms with E-state index in [4.69, 9.17) is 5.11 Å². The lowest BCUT2D eigenvalue weighted by molar-refractivity contribution is 0.281. The average molecular weight is 362 g/mol. The van der Waals surface area contributed by atoms with Gasteiger partial charge in [-0.3, -0.25) is 0 Å². The number of nitrogens with one attached hydrogen (secondary N) is 1. The molecule has 0 aliphatic heterocycles. The maximum Gasteiger partial charge on any atom is 0.241 e. The van der Waals surface area contributed by atoms with Crippen LogP contribution in [0, 0.1) is 5.41 Å². The van der Waals surface area contributed by atoms with Gasteiger partial charge in [-0.05, 0) is 58.3 Å². The Balaban J connectivity index is 2.10. The molecule has 112 valence electrons. The number of hydrogen-bond acceptors (Lipinski definition) is 3. The third-order valence-corrected chi connectivity index (χ3v) is 6.22. The molecule has 1 fully saturated rings. The predicted molar refractivity (Wildman–Crippen MR) is 81.8 cm³/mol. The summed E-state index contributed by atoms with van der Waals surface area (Å²) in [6.07, 6.45) is 4.36. The lowest BCUT2D eigenvalue weighted by atomic mass is 10.0. The maximum absolute atomic E-state index is 12.3. The quantitative estimate of drug-likeness (QED) is 0.784. The molecule has 0 radical (unpaired) electrons. The molecular weight excluding hydrogens is 342 g/mol. The molecule has 6 heteroatoms. The summed E-state index contributed by atoms with van der Waals surface area (Å²) in [5.74, 6) is 0. The van der Waals surface area contributed by atoms with Crippen LogP contribution in [0.1, 0.15) is 38.2 Å². The Labute approximate surface area is 128 Å². The SMILES string of the molecule is CCCC1(CNS(=O)(=O)c2ccc(CO)cc2Br)CC1. The zero-order valence-corrected chi connectivity index (χ0v) is 13.9. The van der Waals surface area contributed by atoms with Crippen LogP contribution in [0.5, 0.6) is 0 Å². The summed E-state index contributed by atoms with van der Waals surface area (Å²) < 4.78 is 27.9. The highest BCUT2D eigenvalue weighted by atomic mass is 79.9. The van der Waals surface area contributed by atoms with Gasteiger partial charge in [0.1, 0.15) is 0 Å². The van der Waals surface area contributed by atoms with Crippen molar-refractivity contribution < 1.29 is 13.5 Å². The Kier molecular flexibility index (Phi) is 4.89. The smallest absolute Gasteiger partial charge is 0.241 e. The molecule has 1 saturated carbocycles. The second-order valence-corrected chi connectivity index (χ2v) is 8.09. The minimum absolute atomic E-state index is 0.105. The van der Waals surface area contributed by atoms with Gasteiger partial charge in [-0.15, -0.1) is 0 Å². The third kappa shape index (κ3) is 3.61. The number of halogens is 1. The third-order valence-electron chi connectivity index (χ3n) is 3.84. The van der Waals surface area contributed by atoms with E-state index in [-0.39, 0.29) is 16.9 Å². The Morgan fingerprint density at radius 2 is 2.10 bits per heavy atom. The topological polar surface area (TPSA) is 66.4 Å². The second-order valence-electron chi connectivity index (χ2n) is 5.50. The van der Waals surface area contributed by atoms with Gasteiger partial charge >= 0.3 is 0 Å². The molecule has 0 aromatic heterocycles. The Bertz CT molecular complexity index is 582. The predicted octanol–water partition coefficient (Wildman–Crippen LogP) is 2.80. The van der Waals surface area contributed by atoms with Crippen molar-refractivity contribution in [2.45, 2.75) is 44.1 Å². The lowest BCUT2D eigenvalue weighted by Gasteiger charge is -2.16. The minimum Gasteiger partial charge on any atom is -0.392 e. The molecule has 2 N–H and O–H groups in total. The molecule has 0 unspecified atom stereocenters. The normalized spacial score (nSPS) is 17.1. The molecule has 20 heavy (non-hydrogen) atoms. The fraction of sp³-hybridized carbons (Fsp3) is 0.571. The standard InChI is InChI=1S/C14H20BrNO3S/c1-2-5-14(6-7-14)10-16-20(18,19)13-4-3-11(9-17)8-12(13)15/h3-4,8,16-17H,2,5-7,9-10H2,1H3. The van der Waals surface area contributed by atoms with Crippen LogP contribution in [-0.4, -0.2) is 20.1 Å². The van der Waals surface area contributed by atoms with Crippen molar-refractivity contribution in [3.63, 3.8) is 0 Å². The van der Waals surface area contributed by atoms with Crippen LogP contribution < -0.4 is 4.72 Å². The first-order valence-corrected chi connectivity index (χ1v) is 9.09. The average Bonchev–Trinajstić information content (AvgIpc) is 3.17. The molecule has 0 spiro atoms. The van der Waals surface area contributed by atoms with Gasteiger partial charge in [-0.25, -0.2) is 13.1 Å². The molecule has 0 atom stereocenters. The van der Waals surface area contributed by atoms with Crippen LogP contribution in [0.15, 0.2) is 27.6 Å². The number of benzene rings is 1. The van der Waals surface area contributed by atoms with E-state index in [0.29, 0.717) is 16.6 Å². The van der Waals surface area contributed by atoms with Crippen LogP contribution in [-0.2, 0) is 16.6 Å². The van der Waals surface area contributed by atoms with Gasteiger partial charge in [0.2, 0.25) is 10.0 Å². The van der Waals surface area contributed by atoms with Gasteiger partial charge in [-0.2, -0.15) is 0 Å². The summed E-state index contributed by atoms with van der Waals surface area (Å²) in [4.78, 5) is 0.224. The van der Waals surface area contributed by atoms with Crippen LogP contribution in [0.2, 0.25) is 0 Å². The van der Waals surface area contributed by atoms with Gasteiger partial charge < -0.3 is 5.11 Å². The van der Waals surface area contributed by atoms with E-state index in [2.05, 4.69) is 27.6 Å². The molecule has 0 saturated heterocycles. The summed E-state index contributed by atoms with van der Waals surface area (Å²) in [5.41, 5.74) is 0.861. The van der Waals surface area contributed by atoms with Crippen molar-refractivity contribution >= 4 is 26.0 Å². The Hall–Kier alpha value is -0.430. The first kappa shape index (κ1) is 15.9. The van der Waals surface area contributed by atoms with Crippen molar-refractivity contribution in [2.24, 2.45) is 5.41 Å². The number of aliphatic hydroxyl groups excluding tert-OH is 1. The minimum atomic E-state index is -3.51. The maximum atomic E-state index is 12.3. The fourth-order valence-corrected chi connectivity index (χ4v) is 4.69. The monoisotopic (exact) mass is 361 g/mol. The largest absolute Gasteiger partial charge is 0.392 e. The van der Waals surface area contributed by atoms with E-state index in [1.807, 2.05) is 0 Å². The molecule has 0 bridgehead atoms. The van der Waals surface area contributed by atoms with Crippen molar-refractivity contribution in [3.05, 3.63) is 28.2 Å². The van der Waals surface area contributed by atoms with Crippen LogP contribution in [0.4, 0.5) is 0 Å². The van der Waals surface area contributed by atoms with Crippen molar-refractivity contribution in [3.8, 4) is 0 Å².